The first kappa shape index (κ1) is 20.3. The minimum absolute atomic E-state index is 0.103. The van der Waals surface area contributed by atoms with E-state index in [9.17, 15) is 14.7 Å². The monoisotopic (exact) mass is 372 g/mol. The molecule has 0 bridgehead atoms. The quantitative estimate of drug-likeness (QED) is 0.438. The largest absolute Gasteiger partial charge is 0.504 e. The molecule has 0 saturated carbocycles. The van der Waals surface area contributed by atoms with Gasteiger partial charge in [-0.05, 0) is 51.8 Å². The fourth-order valence-corrected chi connectivity index (χ4v) is 2.48. The lowest BCUT2D eigenvalue weighted by molar-refractivity contribution is -0.132. The molecule has 0 atom stereocenters. The van der Waals surface area contributed by atoms with Crippen molar-refractivity contribution in [2.45, 2.75) is 40.5 Å². The second-order valence-corrected chi connectivity index (χ2v) is 6.48. The van der Waals surface area contributed by atoms with Crippen molar-refractivity contribution in [3.05, 3.63) is 51.9 Å². The van der Waals surface area contributed by atoms with E-state index in [-0.39, 0.29) is 11.0 Å². The normalized spacial score (nSPS) is 11.3. The van der Waals surface area contributed by atoms with Crippen molar-refractivity contribution in [3.63, 3.8) is 0 Å². The lowest BCUT2D eigenvalue weighted by Crippen LogP contribution is -2.11. The van der Waals surface area contributed by atoms with Crippen molar-refractivity contribution >= 4 is 16.9 Å². The van der Waals surface area contributed by atoms with Crippen LogP contribution < -0.4 is 15.1 Å². The number of allylic oxidation sites excluding steroid dienone is 3. The van der Waals surface area contributed by atoms with Gasteiger partial charge in [0, 0.05) is 6.92 Å². The van der Waals surface area contributed by atoms with E-state index in [2.05, 4.69) is 19.9 Å². The molecule has 0 saturated heterocycles. The van der Waals surface area contributed by atoms with Crippen LogP contribution in [-0.2, 0) is 4.79 Å². The summed E-state index contributed by atoms with van der Waals surface area (Å²) in [7, 11) is 0. The van der Waals surface area contributed by atoms with Crippen LogP contribution in [0.1, 0.15) is 40.5 Å². The van der Waals surface area contributed by atoms with Gasteiger partial charge in [-0.25, -0.2) is 4.79 Å². The Labute approximate surface area is 157 Å². The second-order valence-electron chi connectivity index (χ2n) is 6.48. The van der Waals surface area contributed by atoms with Crippen LogP contribution >= 0.6 is 0 Å². The Balaban J connectivity index is 2.21. The highest BCUT2D eigenvalue weighted by molar-refractivity contribution is 5.90. The summed E-state index contributed by atoms with van der Waals surface area (Å²) in [6.07, 6.45) is 6.05. The average Bonchev–Trinajstić information content (AvgIpc) is 2.58. The predicted octanol–water partition coefficient (Wildman–Crippen LogP) is 4.50. The molecule has 1 heterocycles. The zero-order chi connectivity index (χ0) is 20.0. The van der Waals surface area contributed by atoms with Gasteiger partial charge in [-0.2, -0.15) is 0 Å². The molecule has 0 aliphatic heterocycles. The number of carbonyl (C=O) groups excluding carboxylic acids is 1. The topological polar surface area (TPSA) is 86.0 Å². The molecule has 0 fully saturated rings. The van der Waals surface area contributed by atoms with Crippen molar-refractivity contribution in [3.8, 4) is 17.2 Å². The Hall–Kier alpha value is -3.02. The third-order valence-electron chi connectivity index (χ3n) is 3.84. The third-order valence-corrected chi connectivity index (χ3v) is 3.84. The third kappa shape index (κ3) is 5.48. The highest BCUT2D eigenvalue weighted by Gasteiger charge is 2.19. The molecular formula is C21H24O6. The fraction of sp³-hybridized carbons (Fsp3) is 0.333. The maximum absolute atomic E-state index is 12.0. The zero-order valence-electron chi connectivity index (χ0n) is 16.0. The number of fused-ring (bicyclic) bond motifs is 1. The summed E-state index contributed by atoms with van der Waals surface area (Å²) in [6.45, 7) is 7.60. The van der Waals surface area contributed by atoms with Crippen LogP contribution in [-0.4, -0.2) is 17.7 Å². The summed E-state index contributed by atoms with van der Waals surface area (Å²) in [6, 6.07) is 4.84. The summed E-state index contributed by atoms with van der Waals surface area (Å²) in [5, 5.41) is 10.5. The van der Waals surface area contributed by atoms with Gasteiger partial charge in [0.2, 0.25) is 0 Å². The first-order valence-corrected chi connectivity index (χ1v) is 8.68. The smallest absolute Gasteiger partial charge is 0.383 e. The zero-order valence-corrected chi connectivity index (χ0v) is 16.0. The number of benzene rings is 1. The van der Waals surface area contributed by atoms with Crippen LogP contribution in [0.15, 0.2) is 50.7 Å². The van der Waals surface area contributed by atoms with Crippen LogP contribution in [0.5, 0.6) is 17.2 Å². The second kappa shape index (κ2) is 9.07. The highest BCUT2D eigenvalue weighted by atomic mass is 16.6. The van der Waals surface area contributed by atoms with Crippen molar-refractivity contribution in [2.75, 3.05) is 6.61 Å². The van der Waals surface area contributed by atoms with Crippen molar-refractivity contribution in [1.82, 2.24) is 0 Å². The van der Waals surface area contributed by atoms with Crippen molar-refractivity contribution in [2.24, 2.45) is 0 Å². The molecule has 6 heteroatoms. The minimum Gasteiger partial charge on any atom is -0.504 e. The molecule has 2 aromatic rings. The highest BCUT2D eigenvalue weighted by Crippen LogP contribution is 2.35. The molecule has 0 aliphatic rings. The lowest BCUT2D eigenvalue weighted by atomic mass is 10.1. The van der Waals surface area contributed by atoms with Crippen molar-refractivity contribution in [1.29, 1.82) is 0 Å². The first-order chi connectivity index (χ1) is 12.8. The van der Waals surface area contributed by atoms with E-state index in [1.165, 1.54) is 11.1 Å². The Kier molecular flexibility index (Phi) is 6.82. The molecule has 0 spiro atoms. The van der Waals surface area contributed by atoms with Crippen LogP contribution in [0, 0.1) is 0 Å². The number of aromatic hydroxyl groups is 1. The molecular weight excluding hydrogens is 348 g/mol. The number of hydrogen-bond donors (Lipinski definition) is 1. The number of ether oxygens (including phenoxy) is 2. The lowest BCUT2D eigenvalue weighted by Gasteiger charge is -2.09. The summed E-state index contributed by atoms with van der Waals surface area (Å²) in [5.74, 6) is -1.38. The van der Waals surface area contributed by atoms with E-state index in [4.69, 9.17) is 13.9 Å². The fourth-order valence-electron chi connectivity index (χ4n) is 2.48. The number of hydrogen-bond acceptors (Lipinski definition) is 6. The van der Waals surface area contributed by atoms with Gasteiger partial charge in [0.25, 0.3) is 5.75 Å². The number of para-hydroxylation sites is 1. The minimum atomic E-state index is -0.945. The molecule has 1 aromatic heterocycles. The number of esters is 1. The molecule has 2 rings (SSSR count). The summed E-state index contributed by atoms with van der Waals surface area (Å²) < 4.78 is 15.7. The van der Waals surface area contributed by atoms with Gasteiger partial charge in [0.15, 0.2) is 17.1 Å². The first-order valence-electron chi connectivity index (χ1n) is 8.68. The molecule has 0 amide bonds. The van der Waals surface area contributed by atoms with E-state index in [0.29, 0.717) is 12.4 Å². The molecule has 1 aromatic carbocycles. The Morgan fingerprint density at radius 2 is 1.93 bits per heavy atom. The molecule has 27 heavy (non-hydrogen) atoms. The van der Waals surface area contributed by atoms with Crippen molar-refractivity contribution < 1.29 is 23.8 Å². The van der Waals surface area contributed by atoms with Crippen LogP contribution in [0.2, 0.25) is 0 Å². The van der Waals surface area contributed by atoms with Gasteiger partial charge in [0.05, 0.1) is 5.39 Å². The summed E-state index contributed by atoms with van der Waals surface area (Å²) in [5.41, 5.74) is 1.64. The Bertz CT molecular complexity index is 945. The van der Waals surface area contributed by atoms with Crippen LogP contribution in [0.3, 0.4) is 0 Å². The van der Waals surface area contributed by atoms with Gasteiger partial charge in [-0.3, -0.25) is 4.79 Å². The molecule has 0 aliphatic carbocycles. The van der Waals surface area contributed by atoms with E-state index < -0.39 is 23.1 Å². The molecule has 0 unspecified atom stereocenters. The van der Waals surface area contributed by atoms with Crippen LogP contribution in [0.25, 0.3) is 11.0 Å². The Morgan fingerprint density at radius 3 is 2.59 bits per heavy atom. The number of carbonyl (C=O) groups is 1. The molecule has 1 N–H and O–H groups in total. The summed E-state index contributed by atoms with van der Waals surface area (Å²) in [4.78, 5) is 23.1. The van der Waals surface area contributed by atoms with Gasteiger partial charge < -0.3 is 19.0 Å². The molecule has 6 nitrogen and oxygen atoms in total. The van der Waals surface area contributed by atoms with E-state index in [1.54, 1.807) is 18.2 Å². The van der Waals surface area contributed by atoms with Gasteiger partial charge in [0.1, 0.15) is 6.61 Å². The van der Waals surface area contributed by atoms with Crippen LogP contribution in [0.4, 0.5) is 0 Å². The van der Waals surface area contributed by atoms with Gasteiger partial charge in [-0.15, -0.1) is 0 Å². The van der Waals surface area contributed by atoms with E-state index in [0.717, 1.165) is 19.8 Å². The van der Waals surface area contributed by atoms with Gasteiger partial charge >= 0.3 is 11.6 Å². The summed E-state index contributed by atoms with van der Waals surface area (Å²) >= 11 is 0. The maximum Gasteiger partial charge on any atom is 0.383 e. The Morgan fingerprint density at radius 1 is 1.19 bits per heavy atom. The average molecular weight is 372 g/mol. The molecule has 0 radical (unpaired) electrons. The molecule has 144 valence electrons. The van der Waals surface area contributed by atoms with E-state index in [1.807, 2.05) is 13.0 Å². The maximum atomic E-state index is 12.0. The van der Waals surface area contributed by atoms with E-state index >= 15 is 0 Å². The SMILES string of the molecule is CC(=O)Oc1c(O)c2cccc(OCC=C(C)CCC=C(C)C)c2oc1=O. The predicted molar refractivity (Wildman–Crippen MR) is 103 cm³/mol. The van der Waals surface area contributed by atoms with Gasteiger partial charge in [-0.1, -0.05) is 23.3 Å². The standard InChI is InChI=1S/C21H24O6/c1-13(2)7-5-8-14(3)11-12-25-17-10-6-9-16-18(23)20(26-15(4)22)21(24)27-19(16)17/h6-7,9-11,23H,5,8,12H2,1-4H3. The number of rotatable bonds is 7.